The van der Waals surface area contributed by atoms with Crippen LogP contribution in [-0.4, -0.2) is 22.8 Å². The van der Waals surface area contributed by atoms with E-state index in [1.807, 2.05) is 87.5 Å². The topological polar surface area (TPSA) is 53.4 Å². The van der Waals surface area contributed by atoms with Crippen molar-refractivity contribution in [2.24, 2.45) is 0 Å². The molecule has 0 amide bonds. The Labute approximate surface area is 188 Å². The first-order valence-corrected chi connectivity index (χ1v) is 11.1. The van der Waals surface area contributed by atoms with Gasteiger partial charge in [0.15, 0.2) is 11.5 Å². The maximum Gasteiger partial charge on any atom is 0.261 e. The molecule has 164 valence electrons. The van der Waals surface area contributed by atoms with Crippen molar-refractivity contribution in [1.82, 2.24) is 9.55 Å². The zero-order chi connectivity index (χ0) is 22.5. The molecule has 3 aromatic carbocycles. The minimum absolute atomic E-state index is 0.0258. The Morgan fingerprint density at radius 2 is 1.59 bits per heavy atom. The second-order valence-electron chi connectivity index (χ2n) is 7.67. The molecule has 0 spiro atoms. The number of fused-ring (bicyclic) bond motifs is 1. The highest BCUT2D eigenvalue weighted by Gasteiger charge is 2.14. The van der Waals surface area contributed by atoms with E-state index in [2.05, 4.69) is 0 Å². The van der Waals surface area contributed by atoms with Crippen LogP contribution >= 0.6 is 0 Å². The van der Waals surface area contributed by atoms with Crippen molar-refractivity contribution in [1.29, 1.82) is 0 Å². The second-order valence-corrected chi connectivity index (χ2v) is 7.67. The molecule has 32 heavy (non-hydrogen) atoms. The smallest absolute Gasteiger partial charge is 0.261 e. The molecule has 5 heteroatoms. The van der Waals surface area contributed by atoms with E-state index in [0.29, 0.717) is 42.9 Å². The standard InChI is InChI=1S/C27H28N2O3/c1-4-31-24-15-12-20(18-25(24)32-5-2)16-17-29-26(21-13-10-19(3)11-14-21)28-23-9-7-6-8-22(23)27(29)30/h6-15,18H,4-5,16-17H2,1-3H3. The fourth-order valence-corrected chi connectivity index (χ4v) is 3.79. The average molecular weight is 429 g/mol. The van der Waals surface area contributed by atoms with E-state index in [9.17, 15) is 4.79 Å². The molecule has 1 heterocycles. The summed E-state index contributed by atoms with van der Waals surface area (Å²) in [4.78, 5) is 18.2. The number of ether oxygens (including phenoxy) is 2. The monoisotopic (exact) mass is 428 g/mol. The first-order valence-electron chi connectivity index (χ1n) is 11.1. The van der Waals surface area contributed by atoms with Gasteiger partial charge in [0.2, 0.25) is 0 Å². The van der Waals surface area contributed by atoms with Crippen LogP contribution < -0.4 is 15.0 Å². The van der Waals surface area contributed by atoms with E-state index in [-0.39, 0.29) is 5.56 Å². The average Bonchev–Trinajstić information content (AvgIpc) is 2.81. The summed E-state index contributed by atoms with van der Waals surface area (Å²) in [7, 11) is 0. The van der Waals surface area contributed by atoms with Gasteiger partial charge in [0.1, 0.15) is 5.82 Å². The summed E-state index contributed by atoms with van der Waals surface area (Å²) < 4.78 is 13.2. The van der Waals surface area contributed by atoms with Crippen molar-refractivity contribution in [3.63, 3.8) is 0 Å². The molecule has 0 saturated heterocycles. The first kappa shape index (κ1) is 21.6. The molecule has 0 saturated carbocycles. The van der Waals surface area contributed by atoms with Crippen LogP contribution in [0.4, 0.5) is 0 Å². The van der Waals surface area contributed by atoms with E-state index in [4.69, 9.17) is 14.5 Å². The summed E-state index contributed by atoms with van der Waals surface area (Å²) in [6, 6.07) is 21.6. The Kier molecular flexibility index (Phi) is 6.55. The van der Waals surface area contributed by atoms with Gasteiger partial charge in [-0.15, -0.1) is 0 Å². The van der Waals surface area contributed by atoms with Crippen LogP contribution in [0.1, 0.15) is 25.0 Å². The maximum atomic E-state index is 13.4. The van der Waals surface area contributed by atoms with Crippen LogP contribution in [0.25, 0.3) is 22.3 Å². The van der Waals surface area contributed by atoms with Gasteiger partial charge in [-0.3, -0.25) is 9.36 Å². The molecule has 5 nitrogen and oxygen atoms in total. The molecule has 1 aromatic heterocycles. The normalized spacial score (nSPS) is 11.0. The molecule has 0 N–H and O–H groups in total. The molecular formula is C27H28N2O3. The number of para-hydroxylation sites is 1. The number of aryl methyl sites for hydroxylation is 2. The third-order valence-electron chi connectivity index (χ3n) is 5.40. The first-order chi connectivity index (χ1) is 15.6. The summed E-state index contributed by atoms with van der Waals surface area (Å²) in [5, 5.41) is 0.630. The molecule has 4 rings (SSSR count). The molecular weight excluding hydrogens is 400 g/mol. The number of benzene rings is 3. The minimum Gasteiger partial charge on any atom is -0.490 e. The number of hydrogen-bond acceptors (Lipinski definition) is 4. The van der Waals surface area contributed by atoms with E-state index < -0.39 is 0 Å². The van der Waals surface area contributed by atoms with Crippen molar-refractivity contribution in [2.75, 3.05) is 13.2 Å². The van der Waals surface area contributed by atoms with Crippen LogP contribution in [0.2, 0.25) is 0 Å². The largest absolute Gasteiger partial charge is 0.490 e. The zero-order valence-corrected chi connectivity index (χ0v) is 18.8. The highest BCUT2D eigenvalue weighted by molar-refractivity contribution is 5.79. The van der Waals surface area contributed by atoms with Gasteiger partial charge in [0.25, 0.3) is 5.56 Å². The highest BCUT2D eigenvalue weighted by Crippen LogP contribution is 2.29. The number of nitrogens with zero attached hydrogens (tertiary/aromatic N) is 2. The van der Waals surface area contributed by atoms with Gasteiger partial charge in [-0.05, 0) is 57.0 Å². The summed E-state index contributed by atoms with van der Waals surface area (Å²) in [5.41, 5.74) is 3.86. The molecule has 0 fully saturated rings. The minimum atomic E-state index is -0.0258. The third kappa shape index (κ3) is 4.52. The van der Waals surface area contributed by atoms with Crippen molar-refractivity contribution >= 4 is 10.9 Å². The molecule has 0 radical (unpaired) electrons. The van der Waals surface area contributed by atoms with E-state index in [1.54, 1.807) is 4.57 Å². The van der Waals surface area contributed by atoms with Crippen molar-refractivity contribution in [3.8, 4) is 22.9 Å². The lowest BCUT2D eigenvalue weighted by molar-refractivity contribution is 0.287. The van der Waals surface area contributed by atoms with Crippen molar-refractivity contribution < 1.29 is 9.47 Å². The Bertz CT molecular complexity index is 1280. The van der Waals surface area contributed by atoms with Gasteiger partial charge in [-0.25, -0.2) is 4.98 Å². The van der Waals surface area contributed by atoms with Crippen LogP contribution in [0.15, 0.2) is 71.5 Å². The molecule has 0 aliphatic rings. The van der Waals surface area contributed by atoms with Gasteiger partial charge in [0.05, 0.1) is 24.1 Å². The van der Waals surface area contributed by atoms with E-state index in [0.717, 1.165) is 22.6 Å². The number of aromatic nitrogens is 2. The van der Waals surface area contributed by atoms with E-state index >= 15 is 0 Å². The molecule has 4 aromatic rings. The lowest BCUT2D eigenvalue weighted by Gasteiger charge is -2.15. The summed E-state index contributed by atoms with van der Waals surface area (Å²) in [6.07, 6.45) is 0.672. The third-order valence-corrected chi connectivity index (χ3v) is 5.40. The Balaban J connectivity index is 1.73. The molecule has 0 unspecified atom stereocenters. The molecule has 0 atom stereocenters. The number of hydrogen-bond donors (Lipinski definition) is 0. The Hall–Kier alpha value is -3.60. The van der Waals surface area contributed by atoms with Crippen LogP contribution in [0.5, 0.6) is 11.5 Å². The lowest BCUT2D eigenvalue weighted by atomic mass is 10.1. The predicted octanol–water partition coefficient (Wildman–Crippen LogP) is 5.41. The SMILES string of the molecule is CCOc1ccc(CCn2c(-c3ccc(C)cc3)nc3ccccc3c2=O)cc1OCC. The van der Waals surface area contributed by atoms with Gasteiger partial charge >= 0.3 is 0 Å². The Morgan fingerprint density at radius 1 is 0.875 bits per heavy atom. The van der Waals surface area contributed by atoms with Crippen LogP contribution in [-0.2, 0) is 13.0 Å². The maximum absolute atomic E-state index is 13.4. The van der Waals surface area contributed by atoms with Crippen LogP contribution in [0, 0.1) is 6.92 Å². The van der Waals surface area contributed by atoms with Gasteiger partial charge in [-0.1, -0.05) is 48.0 Å². The van der Waals surface area contributed by atoms with Gasteiger partial charge < -0.3 is 9.47 Å². The fraction of sp³-hybridized carbons (Fsp3) is 0.259. The van der Waals surface area contributed by atoms with Gasteiger partial charge in [-0.2, -0.15) is 0 Å². The summed E-state index contributed by atoms with van der Waals surface area (Å²) in [5.74, 6) is 2.15. The summed E-state index contributed by atoms with van der Waals surface area (Å²) >= 11 is 0. The fourth-order valence-electron chi connectivity index (χ4n) is 3.79. The quantitative estimate of drug-likeness (QED) is 0.376. The highest BCUT2D eigenvalue weighted by atomic mass is 16.5. The van der Waals surface area contributed by atoms with Gasteiger partial charge in [0, 0.05) is 12.1 Å². The van der Waals surface area contributed by atoms with Crippen LogP contribution in [0.3, 0.4) is 0 Å². The summed E-state index contributed by atoms with van der Waals surface area (Å²) in [6.45, 7) is 7.62. The van der Waals surface area contributed by atoms with E-state index in [1.165, 1.54) is 5.56 Å². The zero-order valence-electron chi connectivity index (χ0n) is 18.8. The molecule has 0 bridgehead atoms. The second kappa shape index (κ2) is 9.69. The predicted molar refractivity (Wildman–Crippen MR) is 129 cm³/mol. The molecule has 0 aliphatic carbocycles. The Morgan fingerprint density at radius 3 is 2.34 bits per heavy atom. The lowest BCUT2D eigenvalue weighted by Crippen LogP contribution is -2.24. The van der Waals surface area contributed by atoms with Crippen molar-refractivity contribution in [2.45, 2.75) is 33.7 Å². The molecule has 0 aliphatic heterocycles. The van der Waals surface area contributed by atoms with Crippen molar-refractivity contribution in [3.05, 3.63) is 88.2 Å². The number of rotatable bonds is 8.